The van der Waals surface area contributed by atoms with Crippen LogP contribution in [0.5, 0.6) is 0 Å². The predicted octanol–water partition coefficient (Wildman–Crippen LogP) is 1.84. The number of hydrogen-bond donors (Lipinski definition) is 1. The molecule has 0 saturated carbocycles. The maximum atomic E-state index is 11.8. The van der Waals surface area contributed by atoms with Gasteiger partial charge in [0, 0.05) is 24.2 Å². The van der Waals surface area contributed by atoms with Gasteiger partial charge in [0.25, 0.3) is 0 Å². The molecule has 4 rings (SSSR count). The van der Waals surface area contributed by atoms with Gasteiger partial charge in [0.05, 0.1) is 28.6 Å². The maximum absolute atomic E-state index is 11.8. The van der Waals surface area contributed by atoms with Crippen LogP contribution in [0, 0.1) is 0 Å². The van der Waals surface area contributed by atoms with E-state index in [1.807, 2.05) is 22.5 Å². The number of benzene rings is 1. The summed E-state index contributed by atoms with van der Waals surface area (Å²) in [6.07, 6.45) is 1.70. The van der Waals surface area contributed by atoms with E-state index in [4.69, 9.17) is 5.73 Å². The molecule has 0 aliphatic carbocycles. The van der Waals surface area contributed by atoms with Crippen LogP contribution in [0.2, 0.25) is 0 Å². The Morgan fingerprint density at radius 1 is 1.32 bits per heavy atom. The summed E-state index contributed by atoms with van der Waals surface area (Å²) in [5.74, 6) is 1.35. The minimum Gasteiger partial charge on any atom is -0.382 e. The number of nitrogen functional groups attached to an aromatic ring is 1. The highest BCUT2D eigenvalue weighted by Crippen LogP contribution is 2.33. The second-order valence-corrected chi connectivity index (χ2v) is 7.07. The molecular formula is C15H17N5OS. The molecule has 2 atom stereocenters. The normalized spacial score (nSPS) is 20.4. The number of anilines is 1. The van der Waals surface area contributed by atoms with Crippen molar-refractivity contribution in [3.05, 3.63) is 30.1 Å². The standard InChI is InChI=1S/C15H17N5OS/c1-9-7-19(22(2)21)8-12-18-13-14(20(9)12)10-5-3-4-6-11(10)17-15(13)16/h3-6,9H,7-8H2,1-2H3,(H2,16,17). The lowest BCUT2D eigenvalue weighted by atomic mass is 10.1. The molecule has 1 aliphatic heterocycles. The van der Waals surface area contributed by atoms with Gasteiger partial charge in [-0.25, -0.2) is 18.5 Å². The van der Waals surface area contributed by atoms with Crippen molar-refractivity contribution < 1.29 is 4.21 Å². The van der Waals surface area contributed by atoms with Gasteiger partial charge in [0.15, 0.2) is 5.82 Å². The third kappa shape index (κ3) is 1.85. The molecule has 1 aliphatic rings. The fraction of sp³-hybridized carbons (Fsp3) is 0.333. The number of nitrogens with two attached hydrogens (primary N) is 1. The Labute approximate surface area is 130 Å². The van der Waals surface area contributed by atoms with Gasteiger partial charge in [-0.1, -0.05) is 18.2 Å². The largest absolute Gasteiger partial charge is 0.382 e. The molecule has 0 bridgehead atoms. The fourth-order valence-electron chi connectivity index (χ4n) is 3.25. The van der Waals surface area contributed by atoms with Crippen LogP contribution in [-0.4, -0.2) is 35.8 Å². The summed E-state index contributed by atoms with van der Waals surface area (Å²) in [5, 5.41) is 1.06. The van der Waals surface area contributed by atoms with E-state index in [0.29, 0.717) is 12.4 Å². The van der Waals surface area contributed by atoms with Crippen LogP contribution in [0.3, 0.4) is 0 Å². The van der Waals surface area contributed by atoms with Gasteiger partial charge in [-0.15, -0.1) is 0 Å². The molecule has 3 heterocycles. The monoisotopic (exact) mass is 315 g/mol. The quantitative estimate of drug-likeness (QED) is 0.743. The lowest BCUT2D eigenvalue weighted by Gasteiger charge is -2.30. The molecule has 2 unspecified atom stereocenters. The van der Waals surface area contributed by atoms with Gasteiger partial charge >= 0.3 is 0 Å². The summed E-state index contributed by atoms with van der Waals surface area (Å²) in [6.45, 7) is 3.42. The molecule has 6 nitrogen and oxygen atoms in total. The number of fused-ring (bicyclic) bond motifs is 5. The number of pyridine rings is 1. The molecule has 0 spiro atoms. The second-order valence-electron chi connectivity index (χ2n) is 5.70. The first-order valence-corrected chi connectivity index (χ1v) is 8.71. The highest BCUT2D eigenvalue weighted by atomic mass is 32.2. The zero-order valence-corrected chi connectivity index (χ0v) is 13.3. The molecule has 3 aromatic rings. The van der Waals surface area contributed by atoms with Crippen LogP contribution < -0.4 is 5.73 Å². The molecule has 0 fully saturated rings. The summed E-state index contributed by atoms with van der Waals surface area (Å²) in [6, 6.07) is 8.16. The number of aromatic nitrogens is 3. The van der Waals surface area contributed by atoms with Crippen molar-refractivity contribution in [1.29, 1.82) is 0 Å². The minimum absolute atomic E-state index is 0.183. The minimum atomic E-state index is -1.00. The topological polar surface area (TPSA) is 77.0 Å². The van der Waals surface area contributed by atoms with Crippen molar-refractivity contribution >= 4 is 38.7 Å². The van der Waals surface area contributed by atoms with Crippen LogP contribution in [0.1, 0.15) is 18.8 Å². The first-order chi connectivity index (χ1) is 10.6. The molecule has 1 aromatic carbocycles. The smallest absolute Gasteiger partial charge is 0.152 e. The second kappa shape index (κ2) is 4.76. The van der Waals surface area contributed by atoms with Crippen molar-refractivity contribution in [2.24, 2.45) is 0 Å². The van der Waals surface area contributed by atoms with E-state index < -0.39 is 11.0 Å². The van der Waals surface area contributed by atoms with Crippen LogP contribution in [0.4, 0.5) is 5.82 Å². The Kier molecular flexibility index (Phi) is 2.95. The van der Waals surface area contributed by atoms with Crippen molar-refractivity contribution in [3.63, 3.8) is 0 Å². The SMILES string of the molecule is CC1CN(S(C)=O)Cc2nc3c(N)nc4ccccc4c3n21. The van der Waals surface area contributed by atoms with Crippen molar-refractivity contribution in [3.8, 4) is 0 Å². The van der Waals surface area contributed by atoms with Crippen molar-refractivity contribution in [2.75, 3.05) is 18.5 Å². The van der Waals surface area contributed by atoms with Gasteiger partial charge < -0.3 is 10.3 Å². The van der Waals surface area contributed by atoms with Gasteiger partial charge in [0.1, 0.15) is 11.3 Å². The highest BCUT2D eigenvalue weighted by Gasteiger charge is 2.28. The van der Waals surface area contributed by atoms with Crippen LogP contribution >= 0.6 is 0 Å². The molecule has 2 aromatic heterocycles. The van der Waals surface area contributed by atoms with E-state index in [9.17, 15) is 4.21 Å². The summed E-state index contributed by atoms with van der Waals surface area (Å²) < 4.78 is 16.0. The average Bonchev–Trinajstić information content (AvgIpc) is 2.88. The Morgan fingerprint density at radius 3 is 2.86 bits per heavy atom. The maximum Gasteiger partial charge on any atom is 0.152 e. The Balaban J connectivity index is 2.07. The number of imidazole rings is 1. The highest BCUT2D eigenvalue weighted by molar-refractivity contribution is 7.81. The summed E-state index contributed by atoms with van der Waals surface area (Å²) in [7, 11) is -1.00. The van der Waals surface area contributed by atoms with E-state index in [-0.39, 0.29) is 6.04 Å². The first kappa shape index (κ1) is 13.7. The van der Waals surface area contributed by atoms with Crippen molar-refractivity contribution in [1.82, 2.24) is 18.8 Å². The van der Waals surface area contributed by atoms with Crippen molar-refractivity contribution in [2.45, 2.75) is 19.5 Å². The zero-order valence-electron chi connectivity index (χ0n) is 12.5. The molecule has 0 amide bonds. The van der Waals surface area contributed by atoms with Gasteiger partial charge in [-0.2, -0.15) is 0 Å². The zero-order chi connectivity index (χ0) is 15.4. The van der Waals surface area contributed by atoms with Gasteiger partial charge in [-0.3, -0.25) is 0 Å². The molecule has 2 N–H and O–H groups in total. The van der Waals surface area contributed by atoms with Gasteiger partial charge in [-0.05, 0) is 13.0 Å². The summed E-state index contributed by atoms with van der Waals surface area (Å²) in [4.78, 5) is 9.14. The van der Waals surface area contributed by atoms with E-state index in [0.717, 1.165) is 34.3 Å². The molecule has 0 radical (unpaired) electrons. The number of para-hydroxylation sites is 1. The molecular weight excluding hydrogens is 298 g/mol. The summed E-state index contributed by atoms with van der Waals surface area (Å²) in [5.41, 5.74) is 8.77. The fourth-order valence-corrected chi connectivity index (χ4v) is 3.97. The van der Waals surface area contributed by atoms with Gasteiger partial charge in [0.2, 0.25) is 0 Å². The number of hydrogen-bond acceptors (Lipinski definition) is 4. The van der Waals surface area contributed by atoms with Crippen LogP contribution in [0.25, 0.3) is 21.9 Å². The van der Waals surface area contributed by atoms with E-state index in [2.05, 4.69) is 27.5 Å². The predicted molar refractivity (Wildman–Crippen MR) is 88.6 cm³/mol. The van der Waals surface area contributed by atoms with E-state index in [1.54, 1.807) is 6.26 Å². The lowest BCUT2D eigenvalue weighted by Crippen LogP contribution is -2.37. The van der Waals surface area contributed by atoms with E-state index in [1.165, 1.54) is 0 Å². The number of rotatable bonds is 1. The number of nitrogens with zero attached hydrogens (tertiary/aromatic N) is 4. The third-order valence-corrected chi connectivity index (χ3v) is 5.22. The summed E-state index contributed by atoms with van der Waals surface area (Å²) >= 11 is 0. The Morgan fingerprint density at radius 2 is 2.09 bits per heavy atom. The van der Waals surface area contributed by atoms with E-state index >= 15 is 0 Å². The van der Waals surface area contributed by atoms with Crippen LogP contribution in [0.15, 0.2) is 24.3 Å². The molecule has 22 heavy (non-hydrogen) atoms. The molecule has 7 heteroatoms. The molecule has 0 saturated heterocycles. The Bertz CT molecular complexity index is 919. The first-order valence-electron chi connectivity index (χ1n) is 7.19. The lowest BCUT2D eigenvalue weighted by molar-refractivity contribution is 0.311. The van der Waals surface area contributed by atoms with Crippen LogP contribution in [-0.2, 0) is 17.5 Å². The molecule has 114 valence electrons. The average molecular weight is 315 g/mol. The third-order valence-electron chi connectivity index (χ3n) is 4.22. The Hall–Kier alpha value is -1.99.